The number of aliphatic hydroxyl groups is 1. The van der Waals surface area contributed by atoms with Gasteiger partial charge in [-0.1, -0.05) is 0 Å². The quantitative estimate of drug-likeness (QED) is 0.891. The summed E-state index contributed by atoms with van der Waals surface area (Å²) in [5, 5.41) is 9.05. The van der Waals surface area contributed by atoms with E-state index in [-0.39, 0.29) is 24.0 Å². The summed E-state index contributed by atoms with van der Waals surface area (Å²) < 4.78 is 2.35. The molecule has 0 aliphatic carbocycles. The highest BCUT2D eigenvalue weighted by Gasteiger charge is 2.25. The van der Waals surface area contributed by atoms with Crippen LogP contribution in [0.15, 0.2) is 27.6 Å². The van der Waals surface area contributed by atoms with Gasteiger partial charge in [-0.2, -0.15) is 0 Å². The average molecular weight is 329 g/mol. The number of pyridine rings is 1. The number of carbonyl (C=O) groups excluding carboxylic acids is 1. The van der Waals surface area contributed by atoms with E-state index in [0.717, 1.165) is 10.9 Å². The molecule has 6 heteroatoms. The highest BCUT2D eigenvalue weighted by atomic mass is 79.9. The molecule has 0 aromatic carbocycles. The summed E-state index contributed by atoms with van der Waals surface area (Å²) in [5.41, 5.74) is -0.106. The first-order valence-corrected chi connectivity index (χ1v) is 7.14. The van der Waals surface area contributed by atoms with Crippen molar-refractivity contribution in [3.63, 3.8) is 0 Å². The Morgan fingerprint density at radius 1 is 1.47 bits per heavy atom. The number of aliphatic hydroxyl groups excluding tert-OH is 1. The second-order valence-electron chi connectivity index (χ2n) is 4.81. The molecule has 0 spiro atoms. The van der Waals surface area contributed by atoms with Crippen LogP contribution in [0.25, 0.3) is 0 Å². The third-order valence-corrected chi connectivity index (χ3v) is 3.88. The molecule has 2 heterocycles. The van der Waals surface area contributed by atoms with E-state index in [1.807, 2.05) is 0 Å². The van der Waals surface area contributed by atoms with Gasteiger partial charge >= 0.3 is 0 Å². The lowest BCUT2D eigenvalue weighted by molar-refractivity contribution is -0.130. The monoisotopic (exact) mass is 328 g/mol. The number of rotatable bonds is 4. The first-order valence-electron chi connectivity index (χ1n) is 6.35. The summed E-state index contributed by atoms with van der Waals surface area (Å²) in [6, 6.07) is 3.17. The number of nitrogens with zero attached hydrogens (tertiary/aromatic N) is 2. The zero-order valence-electron chi connectivity index (χ0n) is 10.6. The van der Waals surface area contributed by atoms with Crippen LogP contribution in [0.5, 0.6) is 0 Å². The molecule has 19 heavy (non-hydrogen) atoms. The smallest absolute Gasteiger partial charge is 0.250 e. The lowest BCUT2D eigenvalue weighted by atomic mass is 10.1. The molecular weight excluding hydrogens is 312 g/mol. The van der Waals surface area contributed by atoms with E-state index < -0.39 is 0 Å². The fourth-order valence-corrected chi connectivity index (χ4v) is 2.64. The number of halogens is 1. The molecule has 104 valence electrons. The minimum Gasteiger partial charge on any atom is -0.396 e. The van der Waals surface area contributed by atoms with E-state index in [1.165, 1.54) is 10.6 Å². The Bertz CT molecular complexity index is 515. The maximum Gasteiger partial charge on any atom is 0.250 e. The van der Waals surface area contributed by atoms with Crippen molar-refractivity contribution in [2.24, 2.45) is 5.92 Å². The van der Waals surface area contributed by atoms with Crippen molar-refractivity contribution in [1.29, 1.82) is 0 Å². The van der Waals surface area contributed by atoms with Gasteiger partial charge in [-0.05, 0) is 28.4 Å². The fourth-order valence-electron chi connectivity index (χ4n) is 2.26. The van der Waals surface area contributed by atoms with Crippen molar-refractivity contribution in [3.05, 3.63) is 33.2 Å². The Kier molecular flexibility index (Phi) is 4.76. The van der Waals surface area contributed by atoms with Crippen molar-refractivity contribution < 1.29 is 9.90 Å². The average Bonchev–Trinajstić information content (AvgIpc) is 2.88. The molecule has 1 aliphatic rings. The van der Waals surface area contributed by atoms with Gasteiger partial charge in [0.05, 0.1) is 0 Å². The predicted molar refractivity (Wildman–Crippen MR) is 74.8 cm³/mol. The molecule has 0 radical (unpaired) electrons. The number of carbonyl (C=O) groups is 1. The SMILES string of the molecule is O=C(CCn1cc(Br)ccc1=O)N1CCC(CO)C1. The lowest BCUT2D eigenvalue weighted by Crippen LogP contribution is -2.31. The number of likely N-dealkylation sites (tertiary alicyclic amines) is 1. The molecule has 5 nitrogen and oxygen atoms in total. The maximum atomic E-state index is 12.0. The van der Waals surface area contributed by atoms with Crippen LogP contribution in [0.4, 0.5) is 0 Å². The van der Waals surface area contributed by atoms with Gasteiger partial charge in [-0.3, -0.25) is 9.59 Å². The van der Waals surface area contributed by atoms with Gasteiger partial charge in [0.1, 0.15) is 0 Å². The summed E-state index contributed by atoms with van der Waals surface area (Å²) in [7, 11) is 0. The summed E-state index contributed by atoms with van der Waals surface area (Å²) >= 11 is 3.30. The molecule has 1 aromatic heterocycles. The number of aromatic nitrogens is 1. The molecule has 1 aromatic rings. The number of hydrogen-bond donors (Lipinski definition) is 1. The van der Waals surface area contributed by atoms with Crippen LogP contribution < -0.4 is 5.56 Å². The van der Waals surface area contributed by atoms with E-state index >= 15 is 0 Å². The van der Waals surface area contributed by atoms with Gasteiger partial charge in [-0.25, -0.2) is 0 Å². The van der Waals surface area contributed by atoms with Crippen LogP contribution in [0.2, 0.25) is 0 Å². The number of amides is 1. The molecule has 1 saturated heterocycles. The van der Waals surface area contributed by atoms with E-state index in [2.05, 4.69) is 15.9 Å². The Morgan fingerprint density at radius 3 is 2.95 bits per heavy atom. The third-order valence-electron chi connectivity index (χ3n) is 3.41. The molecule has 1 N–H and O–H groups in total. The molecule has 1 amide bonds. The van der Waals surface area contributed by atoms with E-state index in [0.29, 0.717) is 26.1 Å². The Balaban J connectivity index is 1.90. The predicted octanol–water partition coefficient (Wildman–Crippen LogP) is 0.842. The highest BCUT2D eigenvalue weighted by molar-refractivity contribution is 9.10. The molecule has 1 aliphatic heterocycles. The molecule has 1 unspecified atom stereocenters. The molecule has 0 bridgehead atoms. The van der Waals surface area contributed by atoms with E-state index in [4.69, 9.17) is 5.11 Å². The van der Waals surface area contributed by atoms with Crippen molar-refractivity contribution in [2.45, 2.75) is 19.4 Å². The standard InChI is InChI=1S/C13H17BrN2O3/c14-11-1-2-12(18)16(8-11)6-4-13(19)15-5-3-10(7-15)9-17/h1-2,8,10,17H,3-7,9H2. The van der Waals surface area contributed by atoms with Crippen LogP contribution >= 0.6 is 15.9 Å². The topological polar surface area (TPSA) is 62.5 Å². The molecule has 1 atom stereocenters. The van der Waals surface area contributed by atoms with Crippen LogP contribution in [-0.2, 0) is 11.3 Å². The molecular formula is C13H17BrN2O3. The first-order chi connectivity index (χ1) is 9.10. The Morgan fingerprint density at radius 2 is 2.26 bits per heavy atom. The van der Waals surface area contributed by atoms with Gasteiger partial charge in [0.2, 0.25) is 5.91 Å². The van der Waals surface area contributed by atoms with Gasteiger partial charge in [0.25, 0.3) is 5.56 Å². The largest absolute Gasteiger partial charge is 0.396 e. The van der Waals surface area contributed by atoms with Crippen LogP contribution in [0.3, 0.4) is 0 Å². The Hall–Kier alpha value is -1.14. The van der Waals surface area contributed by atoms with E-state index in [9.17, 15) is 9.59 Å². The lowest BCUT2D eigenvalue weighted by Gasteiger charge is -2.16. The van der Waals surface area contributed by atoms with Crippen molar-refractivity contribution in [1.82, 2.24) is 9.47 Å². The molecule has 0 saturated carbocycles. The van der Waals surface area contributed by atoms with Gasteiger partial charge in [0.15, 0.2) is 0 Å². The summed E-state index contributed by atoms with van der Waals surface area (Å²) in [4.78, 5) is 25.3. The Labute approximate surface area is 120 Å². The summed E-state index contributed by atoms with van der Waals surface area (Å²) in [5.74, 6) is 0.250. The zero-order chi connectivity index (χ0) is 13.8. The number of hydrogen-bond acceptors (Lipinski definition) is 3. The van der Waals surface area contributed by atoms with Crippen molar-refractivity contribution in [2.75, 3.05) is 19.7 Å². The normalized spacial score (nSPS) is 18.8. The van der Waals surface area contributed by atoms with Crippen LogP contribution in [0, 0.1) is 5.92 Å². The summed E-state index contributed by atoms with van der Waals surface area (Å²) in [6.07, 6.45) is 2.86. The fraction of sp³-hybridized carbons (Fsp3) is 0.538. The second-order valence-corrected chi connectivity index (χ2v) is 5.72. The third kappa shape index (κ3) is 3.67. The van der Waals surface area contributed by atoms with E-state index in [1.54, 1.807) is 17.2 Å². The van der Waals surface area contributed by atoms with Crippen LogP contribution in [-0.4, -0.2) is 40.2 Å². The minimum atomic E-state index is -0.106. The van der Waals surface area contributed by atoms with Gasteiger partial charge < -0.3 is 14.6 Å². The zero-order valence-corrected chi connectivity index (χ0v) is 12.2. The maximum absolute atomic E-state index is 12.0. The van der Waals surface area contributed by atoms with Gasteiger partial charge in [-0.15, -0.1) is 0 Å². The minimum absolute atomic E-state index is 0.0443. The van der Waals surface area contributed by atoms with Crippen molar-refractivity contribution in [3.8, 4) is 0 Å². The molecule has 1 fully saturated rings. The first kappa shape index (κ1) is 14.3. The van der Waals surface area contributed by atoms with Crippen LogP contribution in [0.1, 0.15) is 12.8 Å². The summed E-state index contributed by atoms with van der Waals surface area (Å²) in [6.45, 7) is 1.85. The van der Waals surface area contributed by atoms with Crippen molar-refractivity contribution >= 4 is 21.8 Å². The second kappa shape index (κ2) is 6.34. The number of aryl methyl sites for hydroxylation is 1. The highest BCUT2D eigenvalue weighted by Crippen LogP contribution is 2.16. The molecule has 2 rings (SSSR count). The van der Waals surface area contributed by atoms with Gasteiger partial charge in [0, 0.05) is 55.3 Å².